The molecule has 1 saturated heterocycles. The molecule has 1 aliphatic rings. The van der Waals surface area contributed by atoms with Gasteiger partial charge in [-0.15, -0.1) is 0 Å². The molecule has 0 N–H and O–H groups in total. The zero-order valence-corrected chi connectivity index (χ0v) is 15.3. The van der Waals surface area contributed by atoms with Crippen LogP contribution >= 0.6 is 11.3 Å². The average molecular weight is 389 g/mol. The number of benzene rings is 1. The number of halogens is 3. The molecule has 0 unspecified atom stereocenters. The fourth-order valence-electron chi connectivity index (χ4n) is 2.64. The Morgan fingerprint density at radius 1 is 1.24 bits per heavy atom. The highest BCUT2D eigenvalue weighted by molar-refractivity contribution is 7.91. The van der Waals surface area contributed by atoms with Crippen LogP contribution in [0.2, 0.25) is 0 Å². The van der Waals surface area contributed by atoms with Crippen molar-refractivity contribution in [3.8, 4) is 10.4 Å². The minimum Gasteiger partial charge on any atom is -0.616 e. The van der Waals surface area contributed by atoms with Crippen molar-refractivity contribution in [1.82, 2.24) is 4.98 Å². The van der Waals surface area contributed by atoms with Gasteiger partial charge < -0.3 is 14.4 Å². The summed E-state index contributed by atoms with van der Waals surface area (Å²) in [4.78, 5) is 8.23. The van der Waals surface area contributed by atoms with Gasteiger partial charge in [-0.3, -0.25) is 0 Å². The Kier molecular flexibility index (Phi) is 5.45. The quantitative estimate of drug-likeness (QED) is 0.752. The van der Waals surface area contributed by atoms with Gasteiger partial charge in [0.2, 0.25) is 0 Å². The summed E-state index contributed by atoms with van der Waals surface area (Å²) in [7, 11) is 1.39. The first kappa shape index (κ1) is 18.3. The van der Waals surface area contributed by atoms with Crippen LogP contribution in [0.1, 0.15) is 0 Å². The van der Waals surface area contributed by atoms with Gasteiger partial charge in [0.1, 0.15) is 18.1 Å². The standard InChI is InChI=1S/C16H18F3N3OS2/c1-21(11-16(17,18)19)15-20-10-14(24-15)12-2-4-13(5-3-12)22-6-8-25(23)9-7-22/h2-5,10H,6-9,11H2,1H3. The zero-order chi connectivity index (χ0) is 18.0. The van der Waals surface area contributed by atoms with Crippen molar-refractivity contribution < 1.29 is 17.7 Å². The fourth-order valence-corrected chi connectivity index (χ4v) is 4.58. The lowest BCUT2D eigenvalue weighted by molar-refractivity contribution is -0.119. The van der Waals surface area contributed by atoms with E-state index in [4.69, 9.17) is 0 Å². The van der Waals surface area contributed by atoms with Crippen LogP contribution in [0.25, 0.3) is 10.4 Å². The van der Waals surface area contributed by atoms with Crippen molar-refractivity contribution in [1.29, 1.82) is 0 Å². The maximum Gasteiger partial charge on any atom is 0.405 e. The summed E-state index contributed by atoms with van der Waals surface area (Å²) in [6, 6.07) is 7.87. The highest BCUT2D eigenvalue weighted by Crippen LogP contribution is 2.33. The van der Waals surface area contributed by atoms with Crippen LogP contribution in [-0.2, 0) is 11.2 Å². The lowest BCUT2D eigenvalue weighted by atomic mass is 10.2. The van der Waals surface area contributed by atoms with Crippen LogP contribution in [0.15, 0.2) is 30.5 Å². The summed E-state index contributed by atoms with van der Waals surface area (Å²) in [6.07, 6.45) is -2.65. The molecule has 136 valence electrons. The van der Waals surface area contributed by atoms with Gasteiger partial charge >= 0.3 is 6.18 Å². The van der Waals surface area contributed by atoms with E-state index in [1.54, 1.807) is 6.20 Å². The Labute approximate surface area is 151 Å². The van der Waals surface area contributed by atoms with E-state index >= 15 is 0 Å². The second-order valence-corrected chi connectivity index (χ2v) is 8.57. The second-order valence-electron chi connectivity index (χ2n) is 5.86. The molecular weight excluding hydrogens is 371 g/mol. The molecular formula is C16H18F3N3OS2. The van der Waals surface area contributed by atoms with Crippen molar-refractivity contribution in [2.75, 3.05) is 48.0 Å². The van der Waals surface area contributed by atoms with Gasteiger partial charge in [-0.05, 0) is 17.7 Å². The lowest BCUT2D eigenvalue weighted by Gasteiger charge is -2.30. The van der Waals surface area contributed by atoms with Crippen LogP contribution in [0.4, 0.5) is 24.0 Å². The van der Waals surface area contributed by atoms with E-state index < -0.39 is 23.9 Å². The summed E-state index contributed by atoms with van der Waals surface area (Å²) < 4.78 is 48.9. The van der Waals surface area contributed by atoms with E-state index in [1.807, 2.05) is 24.3 Å². The molecule has 0 bridgehead atoms. The molecule has 1 fully saturated rings. The summed E-state index contributed by atoms with van der Waals surface area (Å²) in [5.41, 5.74) is 1.99. The van der Waals surface area contributed by atoms with Gasteiger partial charge in [0.25, 0.3) is 0 Å². The molecule has 1 aromatic heterocycles. The molecule has 1 aliphatic heterocycles. The lowest BCUT2D eigenvalue weighted by Crippen LogP contribution is -2.40. The number of rotatable bonds is 4. The normalized spacial score (nSPS) is 16.3. The Balaban J connectivity index is 1.68. The minimum absolute atomic E-state index is 0.343. The van der Waals surface area contributed by atoms with Gasteiger partial charge in [0, 0.05) is 18.9 Å². The van der Waals surface area contributed by atoms with Crippen LogP contribution in [0.3, 0.4) is 0 Å². The molecule has 4 nitrogen and oxygen atoms in total. The number of aromatic nitrogens is 1. The van der Waals surface area contributed by atoms with Crippen molar-refractivity contribution >= 4 is 33.3 Å². The SMILES string of the molecule is CN(CC(F)(F)F)c1ncc(-c2ccc(N3CC[S+]([O-])CC3)cc2)s1. The highest BCUT2D eigenvalue weighted by atomic mass is 32.2. The third kappa shape index (κ3) is 4.80. The first-order valence-corrected chi connectivity index (χ1v) is 10.1. The molecule has 25 heavy (non-hydrogen) atoms. The van der Waals surface area contributed by atoms with E-state index in [1.165, 1.54) is 18.4 Å². The van der Waals surface area contributed by atoms with E-state index in [0.29, 0.717) is 16.6 Å². The smallest absolute Gasteiger partial charge is 0.405 e. The van der Waals surface area contributed by atoms with Crippen molar-refractivity contribution in [3.05, 3.63) is 30.5 Å². The van der Waals surface area contributed by atoms with Crippen LogP contribution in [0.5, 0.6) is 0 Å². The molecule has 0 saturated carbocycles. The molecule has 0 spiro atoms. The number of hydrogen-bond acceptors (Lipinski definition) is 5. The first-order valence-electron chi connectivity index (χ1n) is 7.76. The Hall–Kier alpha value is -1.45. The molecule has 0 aliphatic carbocycles. The third-order valence-corrected chi connectivity index (χ3v) is 6.37. The minimum atomic E-state index is -4.25. The van der Waals surface area contributed by atoms with Gasteiger partial charge in [-0.25, -0.2) is 4.98 Å². The van der Waals surface area contributed by atoms with Crippen molar-refractivity contribution in [2.24, 2.45) is 0 Å². The maximum atomic E-state index is 12.5. The monoisotopic (exact) mass is 389 g/mol. The number of thiazole rings is 1. The maximum absolute atomic E-state index is 12.5. The molecule has 1 aromatic carbocycles. The van der Waals surface area contributed by atoms with Gasteiger partial charge in [0.15, 0.2) is 5.13 Å². The molecule has 3 rings (SSSR count). The molecule has 9 heteroatoms. The molecule has 0 radical (unpaired) electrons. The van der Waals surface area contributed by atoms with E-state index in [-0.39, 0.29) is 0 Å². The fraction of sp³-hybridized carbons (Fsp3) is 0.438. The summed E-state index contributed by atoms with van der Waals surface area (Å²) in [6.45, 7) is 0.535. The van der Waals surface area contributed by atoms with E-state index in [2.05, 4.69) is 9.88 Å². The van der Waals surface area contributed by atoms with Gasteiger partial charge in [0.05, 0.1) is 18.0 Å². The topological polar surface area (TPSA) is 42.4 Å². The van der Waals surface area contributed by atoms with Crippen molar-refractivity contribution in [3.63, 3.8) is 0 Å². The van der Waals surface area contributed by atoms with E-state index in [0.717, 1.165) is 34.1 Å². The predicted molar refractivity (Wildman–Crippen MR) is 97.0 cm³/mol. The van der Waals surface area contributed by atoms with E-state index in [9.17, 15) is 17.7 Å². The van der Waals surface area contributed by atoms with Gasteiger partial charge in [-0.2, -0.15) is 13.2 Å². The van der Waals surface area contributed by atoms with Crippen LogP contribution in [-0.4, -0.2) is 53.9 Å². The molecule has 2 heterocycles. The zero-order valence-electron chi connectivity index (χ0n) is 13.6. The largest absolute Gasteiger partial charge is 0.616 e. The molecule has 2 aromatic rings. The number of alkyl halides is 3. The van der Waals surface area contributed by atoms with Gasteiger partial charge in [-0.1, -0.05) is 34.6 Å². The van der Waals surface area contributed by atoms with Crippen LogP contribution < -0.4 is 9.80 Å². The molecule has 0 atom stereocenters. The Bertz CT molecular complexity index is 697. The number of nitrogens with zero attached hydrogens (tertiary/aromatic N) is 3. The predicted octanol–water partition coefficient (Wildman–Crippen LogP) is 3.38. The Morgan fingerprint density at radius 2 is 1.88 bits per heavy atom. The second kappa shape index (κ2) is 7.43. The highest BCUT2D eigenvalue weighted by Gasteiger charge is 2.30. The average Bonchev–Trinajstić information content (AvgIpc) is 3.04. The number of hydrogen-bond donors (Lipinski definition) is 0. The summed E-state index contributed by atoms with van der Waals surface area (Å²) in [5, 5.41) is 0.343. The van der Waals surface area contributed by atoms with Crippen molar-refractivity contribution in [2.45, 2.75) is 6.18 Å². The summed E-state index contributed by atoms with van der Waals surface area (Å²) >= 11 is 0.526. The Morgan fingerprint density at radius 3 is 2.48 bits per heavy atom. The third-order valence-electron chi connectivity index (χ3n) is 3.93. The molecule has 0 amide bonds. The number of anilines is 2. The first-order chi connectivity index (χ1) is 11.8. The van der Waals surface area contributed by atoms with Crippen LogP contribution in [0, 0.1) is 0 Å². The summed E-state index contributed by atoms with van der Waals surface area (Å²) in [5.74, 6) is 1.37.